The van der Waals surface area contributed by atoms with E-state index in [9.17, 15) is 18.0 Å². The Morgan fingerprint density at radius 1 is 1.40 bits per heavy atom. The lowest BCUT2D eigenvalue weighted by atomic mass is 10.1. The van der Waals surface area contributed by atoms with Gasteiger partial charge in [-0.1, -0.05) is 6.07 Å². The molecule has 0 aliphatic heterocycles. The molecule has 0 aliphatic carbocycles. The molecule has 25 heavy (non-hydrogen) atoms. The number of nitrogens with two attached hydrogens (primary N) is 1. The van der Waals surface area contributed by atoms with Crippen molar-refractivity contribution in [2.45, 2.75) is 24.3 Å². The van der Waals surface area contributed by atoms with Crippen LogP contribution in [0.5, 0.6) is 0 Å². The van der Waals surface area contributed by atoms with Crippen LogP contribution in [0.1, 0.15) is 21.6 Å². The van der Waals surface area contributed by atoms with E-state index in [2.05, 4.69) is 15.3 Å². The summed E-state index contributed by atoms with van der Waals surface area (Å²) in [6.07, 6.45) is 3.12. The number of imidazole rings is 1. The number of carbonyl (C=O) groups is 2. The van der Waals surface area contributed by atoms with E-state index in [0.717, 1.165) is 0 Å². The number of benzene rings is 1. The maximum absolute atomic E-state index is 12.5. The highest BCUT2D eigenvalue weighted by Crippen LogP contribution is 2.18. The van der Waals surface area contributed by atoms with Gasteiger partial charge in [0.15, 0.2) is 0 Å². The molecule has 1 amide bonds. The van der Waals surface area contributed by atoms with Crippen molar-refractivity contribution in [3.05, 3.63) is 47.5 Å². The van der Waals surface area contributed by atoms with Crippen LogP contribution in [0.2, 0.25) is 0 Å². The zero-order valence-corrected chi connectivity index (χ0v) is 14.5. The summed E-state index contributed by atoms with van der Waals surface area (Å²) < 4.78 is 27.9. The molecule has 9 nitrogen and oxygen atoms in total. The molecule has 0 unspecified atom stereocenters. The predicted octanol–water partition coefficient (Wildman–Crippen LogP) is -0.120. The van der Waals surface area contributed by atoms with Crippen molar-refractivity contribution in [3.8, 4) is 0 Å². The summed E-state index contributed by atoms with van der Waals surface area (Å²) >= 11 is 0. The maximum atomic E-state index is 12.5. The standard InChI is InChI=1S/C15H18N4O5S/c1-9-11(4-3-5-13(9)25(16,22)23)14(20)19-12(15(21)24-2)6-10-7-17-8-18-10/h3-5,7-8,12H,6H2,1-2H3,(H,17,18)(H,19,20)(H2,16,22,23)/t12-/m0/s1. The summed E-state index contributed by atoms with van der Waals surface area (Å²) in [6.45, 7) is 1.47. The van der Waals surface area contributed by atoms with Gasteiger partial charge in [-0.3, -0.25) is 4.79 Å². The van der Waals surface area contributed by atoms with Crippen LogP contribution >= 0.6 is 0 Å². The summed E-state index contributed by atoms with van der Waals surface area (Å²) in [4.78, 5) is 31.0. The number of hydrogen-bond acceptors (Lipinski definition) is 6. The number of primary sulfonamides is 1. The average molecular weight is 366 g/mol. The fraction of sp³-hybridized carbons (Fsp3) is 0.267. The van der Waals surface area contributed by atoms with Crippen molar-refractivity contribution in [1.82, 2.24) is 15.3 Å². The quantitative estimate of drug-likeness (QED) is 0.608. The second kappa shape index (κ2) is 7.45. The van der Waals surface area contributed by atoms with Gasteiger partial charge < -0.3 is 15.0 Å². The van der Waals surface area contributed by atoms with Crippen molar-refractivity contribution in [3.63, 3.8) is 0 Å². The Labute approximate surface area is 144 Å². The zero-order valence-electron chi connectivity index (χ0n) is 13.6. The van der Waals surface area contributed by atoms with E-state index >= 15 is 0 Å². The highest BCUT2D eigenvalue weighted by molar-refractivity contribution is 7.89. The molecule has 0 spiro atoms. The van der Waals surface area contributed by atoms with Crippen LogP contribution in [-0.4, -0.2) is 43.4 Å². The van der Waals surface area contributed by atoms with Crippen molar-refractivity contribution >= 4 is 21.9 Å². The van der Waals surface area contributed by atoms with Gasteiger partial charge in [0.1, 0.15) is 6.04 Å². The molecule has 2 aromatic rings. The van der Waals surface area contributed by atoms with E-state index < -0.39 is 27.9 Å². The van der Waals surface area contributed by atoms with E-state index in [1.54, 1.807) is 0 Å². The van der Waals surface area contributed by atoms with Crippen LogP contribution in [0.15, 0.2) is 35.6 Å². The molecule has 0 radical (unpaired) electrons. The van der Waals surface area contributed by atoms with E-state index in [1.807, 2.05) is 0 Å². The number of aromatic amines is 1. The Balaban J connectivity index is 2.28. The highest BCUT2D eigenvalue weighted by atomic mass is 32.2. The average Bonchev–Trinajstić information content (AvgIpc) is 3.05. The van der Waals surface area contributed by atoms with Gasteiger partial charge in [-0.15, -0.1) is 0 Å². The zero-order chi connectivity index (χ0) is 18.6. The lowest BCUT2D eigenvalue weighted by Gasteiger charge is -2.17. The molecule has 1 aromatic heterocycles. The summed E-state index contributed by atoms with van der Waals surface area (Å²) in [5, 5.41) is 7.69. The summed E-state index contributed by atoms with van der Waals surface area (Å²) in [6, 6.07) is 3.20. The van der Waals surface area contributed by atoms with Crippen LogP contribution < -0.4 is 10.5 Å². The molecule has 0 saturated heterocycles. The lowest BCUT2D eigenvalue weighted by Crippen LogP contribution is -2.43. The number of carbonyl (C=O) groups excluding carboxylic acids is 2. The number of H-pyrrole nitrogens is 1. The number of ether oxygens (including phenoxy) is 1. The van der Waals surface area contributed by atoms with Crippen molar-refractivity contribution in [1.29, 1.82) is 0 Å². The fourth-order valence-corrected chi connectivity index (χ4v) is 3.16. The molecule has 0 fully saturated rings. The van der Waals surface area contributed by atoms with Gasteiger partial charge in [0, 0.05) is 23.9 Å². The smallest absolute Gasteiger partial charge is 0.328 e. The van der Waals surface area contributed by atoms with Crippen LogP contribution in [0.3, 0.4) is 0 Å². The van der Waals surface area contributed by atoms with E-state index in [4.69, 9.17) is 9.88 Å². The van der Waals surface area contributed by atoms with E-state index in [1.165, 1.54) is 44.8 Å². The van der Waals surface area contributed by atoms with Crippen LogP contribution in [-0.2, 0) is 26.0 Å². The maximum Gasteiger partial charge on any atom is 0.328 e. The van der Waals surface area contributed by atoms with Gasteiger partial charge in [0.2, 0.25) is 10.0 Å². The van der Waals surface area contributed by atoms with Gasteiger partial charge in [0.25, 0.3) is 5.91 Å². The molecular formula is C15H18N4O5S. The summed E-state index contributed by atoms with van der Waals surface area (Å²) in [5.41, 5.74) is 0.934. The van der Waals surface area contributed by atoms with Crippen molar-refractivity contribution in [2.75, 3.05) is 7.11 Å². The molecule has 4 N–H and O–H groups in total. The summed E-state index contributed by atoms with van der Waals surface area (Å²) in [5.74, 6) is -1.25. The minimum absolute atomic E-state index is 0.102. The molecule has 0 bridgehead atoms. The van der Waals surface area contributed by atoms with Crippen LogP contribution in [0.4, 0.5) is 0 Å². The summed E-state index contributed by atoms with van der Waals surface area (Å²) in [7, 11) is -2.76. The number of nitrogens with one attached hydrogen (secondary N) is 2. The monoisotopic (exact) mass is 366 g/mol. The number of nitrogens with zero attached hydrogens (tertiary/aromatic N) is 1. The van der Waals surface area contributed by atoms with Gasteiger partial charge in [-0.25, -0.2) is 23.3 Å². The highest BCUT2D eigenvalue weighted by Gasteiger charge is 2.25. The fourth-order valence-electron chi connectivity index (χ4n) is 2.36. The minimum Gasteiger partial charge on any atom is -0.467 e. The third-order valence-electron chi connectivity index (χ3n) is 3.61. The molecule has 1 heterocycles. The lowest BCUT2D eigenvalue weighted by molar-refractivity contribution is -0.142. The minimum atomic E-state index is -3.96. The number of aromatic nitrogens is 2. The number of esters is 1. The Morgan fingerprint density at radius 2 is 2.12 bits per heavy atom. The molecular weight excluding hydrogens is 348 g/mol. The normalized spacial score (nSPS) is 12.4. The third kappa shape index (κ3) is 4.43. The first-order chi connectivity index (χ1) is 11.7. The molecule has 0 aliphatic rings. The SMILES string of the molecule is COC(=O)[C@H](Cc1cnc[nH]1)NC(=O)c1cccc(S(N)(=O)=O)c1C. The molecule has 10 heteroatoms. The molecule has 1 aromatic carbocycles. The van der Waals surface area contributed by atoms with Gasteiger partial charge >= 0.3 is 5.97 Å². The van der Waals surface area contributed by atoms with Crippen LogP contribution in [0, 0.1) is 6.92 Å². The number of rotatable bonds is 6. The van der Waals surface area contributed by atoms with Crippen molar-refractivity contribution in [2.24, 2.45) is 5.14 Å². The molecule has 134 valence electrons. The second-order valence-electron chi connectivity index (χ2n) is 5.30. The number of amides is 1. The van der Waals surface area contributed by atoms with Gasteiger partial charge in [-0.2, -0.15) is 0 Å². The van der Waals surface area contributed by atoms with Gasteiger partial charge in [-0.05, 0) is 24.6 Å². The first-order valence-electron chi connectivity index (χ1n) is 7.22. The van der Waals surface area contributed by atoms with Crippen molar-refractivity contribution < 1.29 is 22.7 Å². The third-order valence-corrected chi connectivity index (χ3v) is 4.66. The number of sulfonamides is 1. The number of methoxy groups -OCH3 is 1. The Morgan fingerprint density at radius 3 is 2.68 bits per heavy atom. The Hall–Kier alpha value is -2.72. The Bertz CT molecular complexity index is 877. The molecule has 2 rings (SSSR count). The topological polar surface area (TPSA) is 144 Å². The van der Waals surface area contributed by atoms with E-state index in [-0.39, 0.29) is 22.4 Å². The molecule has 0 saturated carbocycles. The second-order valence-corrected chi connectivity index (χ2v) is 6.83. The Kier molecular flexibility index (Phi) is 5.55. The van der Waals surface area contributed by atoms with Crippen LogP contribution in [0.25, 0.3) is 0 Å². The predicted molar refractivity (Wildman–Crippen MR) is 88.1 cm³/mol. The van der Waals surface area contributed by atoms with Gasteiger partial charge in [0.05, 0.1) is 18.3 Å². The first-order valence-corrected chi connectivity index (χ1v) is 8.77. The van der Waals surface area contributed by atoms with E-state index in [0.29, 0.717) is 5.69 Å². The number of hydrogen-bond donors (Lipinski definition) is 3. The largest absolute Gasteiger partial charge is 0.467 e. The molecule has 1 atom stereocenters. The first kappa shape index (κ1) is 18.6.